The molecule has 1 heterocycles. The van der Waals surface area contributed by atoms with Crippen LogP contribution < -0.4 is 0 Å². The Labute approximate surface area is 309 Å². The van der Waals surface area contributed by atoms with Gasteiger partial charge in [-0.25, -0.2) is 0 Å². The van der Waals surface area contributed by atoms with Gasteiger partial charge in [0.05, 0.1) is 37.6 Å². The molecule has 0 radical (unpaired) electrons. The zero-order valence-corrected chi connectivity index (χ0v) is 32.9. The number of thioether (sulfide) groups is 2. The molecule has 1 fully saturated rings. The third-order valence-corrected chi connectivity index (χ3v) is 17.2. The molecule has 0 aliphatic carbocycles. The summed E-state index contributed by atoms with van der Waals surface area (Å²) in [5.41, 5.74) is 4.43. The summed E-state index contributed by atoms with van der Waals surface area (Å²) in [6, 6.07) is 41.5. The van der Waals surface area contributed by atoms with E-state index in [-0.39, 0.29) is 15.7 Å². The van der Waals surface area contributed by atoms with E-state index in [4.69, 9.17) is 23.4 Å². The Morgan fingerprint density at radius 3 is 1.36 bits per heavy atom. The van der Waals surface area contributed by atoms with Gasteiger partial charge < -0.3 is 23.4 Å². The lowest BCUT2D eigenvalue weighted by molar-refractivity contribution is -0.192. The molecule has 5 rings (SSSR count). The number of hydrogen-bond acceptors (Lipinski definition) is 7. The van der Waals surface area contributed by atoms with Gasteiger partial charge in [-0.2, -0.15) is 0 Å². The van der Waals surface area contributed by atoms with Crippen LogP contribution in [0.1, 0.15) is 43.0 Å². The summed E-state index contributed by atoms with van der Waals surface area (Å²) in [6.07, 6.45) is -1.63. The van der Waals surface area contributed by atoms with Crippen LogP contribution in [0.25, 0.3) is 0 Å². The molecule has 0 unspecified atom stereocenters. The van der Waals surface area contributed by atoms with Gasteiger partial charge in [0.1, 0.15) is 24.4 Å². The number of ether oxygens (including phenoxy) is 4. The van der Waals surface area contributed by atoms with Crippen LogP contribution in [0.3, 0.4) is 0 Å². The van der Waals surface area contributed by atoms with Crippen molar-refractivity contribution in [1.29, 1.82) is 0 Å². The van der Waals surface area contributed by atoms with E-state index >= 15 is 0 Å². The highest BCUT2D eigenvalue weighted by Crippen LogP contribution is 2.40. The number of benzene rings is 4. The smallest absolute Gasteiger partial charge is 0.192 e. The van der Waals surface area contributed by atoms with Gasteiger partial charge in [0.25, 0.3) is 0 Å². The van der Waals surface area contributed by atoms with Crippen molar-refractivity contribution in [3.05, 3.63) is 144 Å². The molecule has 0 saturated carbocycles. The van der Waals surface area contributed by atoms with Crippen molar-refractivity contribution in [2.24, 2.45) is 0 Å². The van der Waals surface area contributed by atoms with E-state index in [1.165, 1.54) is 0 Å². The first-order valence-electron chi connectivity index (χ1n) is 17.7. The molecule has 8 heteroatoms. The quantitative estimate of drug-likeness (QED) is 0.0891. The molecule has 0 amide bonds. The van der Waals surface area contributed by atoms with Gasteiger partial charge in [0.2, 0.25) is 0 Å². The van der Waals surface area contributed by atoms with Gasteiger partial charge in [0.15, 0.2) is 8.32 Å². The topological polar surface area (TPSA) is 46.2 Å². The summed E-state index contributed by atoms with van der Waals surface area (Å²) in [5.74, 6) is 2.15. The highest BCUT2D eigenvalue weighted by atomic mass is 32.2. The van der Waals surface area contributed by atoms with E-state index < -0.39 is 26.6 Å². The van der Waals surface area contributed by atoms with E-state index in [1.807, 2.05) is 47.8 Å². The van der Waals surface area contributed by atoms with Gasteiger partial charge in [-0.15, -0.1) is 23.5 Å². The van der Waals surface area contributed by atoms with Crippen LogP contribution in [0, 0.1) is 0 Å². The van der Waals surface area contributed by atoms with Crippen LogP contribution in [0.2, 0.25) is 18.1 Å². The first-order valence-corrected chi connectivity index (χ1v) is 22.7. The fraction of sp³-hybridized carbons (Fsp3) is 0.429. The first-order chi connectivity index (χ1) is 24.2. The predicted octanol–water partition coefficient (Wildman–Crippen LogP) is 10.2. The van der Waals surface area contributed by atoms with Crippen molar-refractivity contribution in [2.45, 2.75) is 94.3 Å². The van der Waals surface area contributed by atoms with Crippen LogP contribution in [0.15, 0.2) is 121 Å². The average Bonchev–Trinajstić information content (AvgIpc) is 3.67. The number of rotatable bonds is 19. The van der Waals surface area contributed by atoms with E-state index in [2.05, 4.69) is 131 Å². The Hall–Kier alpha value is -2.40. The van der Waals surface area contributed by atoms with Crippen molar-refractivity contribution in [3.8, 4) is 0 Å². The lowest BCUT2D eigenvalue weighted by Crippen LogP contribution is -2.54. The van der Waals surface area contributed by atoms with E-state index in [0.29, 0.717) is 33.0 Å². The van der Waals surface area contributed by atoms with Crippen LogP contribution in [-0.2, 0) is 49.8 Å². The van der Waals surface area contributed by atoms with Crippen molar-refractivity contribution in [1.82, 2.24) is 0 Å². The zero-order valence-electron chi connectivity index (χ0n) is 30.2. The Balaban J connectivity index is 1.54. The third kappa shape index (κ3) is 11.8. The summed E-state index contributed by atoms with van der Waals surface area (Å²) in [6.45, 7) is 13.6. The Bertz CT molecular complexity index is 1500. The molecule has 1 saturated heterocycles. The molecular formula is C42H54O5S2Si. The molecule has 5 nitrogen and oxygen atoms in total. The highest BCUT2D eigenvalue weighted by molar-refractivity contribution is 8.20. The number of hydrogen-bond donors (Lipinski definition) is 0. The standard InChI is InChI=1S/C42H54O5S2Si/c1-42(2,3)50(4,5)47-32-37(43-28-33-18-10-6-11-19-33)38(44-29-34-20-12-7-13-21-34)39(45-30-35-22-14-8-15-23-35)40(41-48-26-27-49-41)46-31-36-24-16-9-17-25-36/h6-25,37-41H,26-32H2,1-5H3/t37-,38+,39+,40-/m1/s1. The largest absolute Gasteiger partial charge is 0.414 e. The maximum Gasteiger partial charge on any atom is 0.192 e. The summed E-state index contributed by atoms with van der Waals surface area (Å²) >= 11 is 3.90. The second kappa shape index (κ2) is 19.4. The Morgan fingerprint density at radius 2 is 0.940 bits per heavy atom. The summed E-state index contributed by atoms with van der Waals surface area (Å²) in [7, 11) is -2.14. The molecule has 0 bridgehead atoms. The molecule has 0 N–H and O–H groups in total. The Morgan fingerprint density at radius 1 is 0.560 bits per heavy atom. The second-order valence-corrected chi connectivity index (χ2v) is 21.9. The van der Waals surface area contributed by atoms with Gasteiger partial charge in [0, 0.05) is 11.5 Å². The molecule has 4 aromatic rings. The lowest BCUT2D eigenvalue weighted by Gasteiger charge is -2.41. The van der Waals surface area contributed by atoms with Crippen LogP contribution in [-0.4, -0.2) is 55.4 Å². The summed E-state index contributed by atoms with van der Waals surface area (Å²) in [5, 5.41) is 0.0407. The summed E-state index contributed by atoms with van der Waals surface area (Å²) < 4.78 is 35.2. The SMILES string of the molecule is CC(C)(C)[Si](C)(C)OC[C@@H](OCc1ccccc1)[C@H](OCc1ccccc1)[C@H](OCc1ccccc1)[C@@H](OCc1ccccc1)C1SCCS1. The van der Waals surface area contributed by atoms with E-state index in [9.17, 15) is 0 Å². The van der Waals surface area contributed by atoms with Gasteiger partial charge in [-0.1, -0.05) is 142 Å². The monoisotopic (exact) mass is 730 g/mol. The molecule has 0 aromatic heterocycles. The molecule has 1 aliphatic rings. The van der Waals surface area contributed by atoms with Gasteiger partial charge >= 0.3 is 0 Å². The molecule has 50 heavy (non-hydrogen) atoms. The molecule has 268 valence electrons. The van der Waals surface area contributed by atoms with Gasteiger partial charge in [-0.05, 0) is 40.4 Å². The molecule has 4 aromatic carbocycles. The zero-order chi connectivity index (χ0) is 35.2. The minimum atomic E-state index is -2.14. The predicted molar refractivity (Wildman–Crippen MR) is 212 cm³/mol. The molecular weight excluding hydrogens is 677 g/mol. The minimum absolute atomic E-state index is 0.0407. The van der Waals surface area contributed by atoms with Crippen molar-refractivity contribution >= 4 is 31.8 Å². The summed E-state index contributed by atoms with van der Waals surface area (Å²) in [4.78, 5) is 0. The fourth-order valence-corrected chi connectivity index (χ4v) is 9.56. The highest BCUT2D eigenvalue weighted by Gasteiger charge is 2.45. The molecule has 4 atom stereocenters. The first kappa shape index (κ1) is 38.8. The lowest BCUT2D eigenvalue weighted by atomic mass is 10.0. The fourth-order valence-electron chi connectivity index (χ4n) is 5.51. The van der Waals surface area contributed by atoms with E-state index in [0.717, 1.165) is 33.8 Å². The average molecular weight is 731 g/mol. The van der Waals surface area contributed by atoms with Crippen LogP contribution >= 0.6 is 23.5 Å². The second-order valence-electron chi connectivity index (χ2n) is 14.3. The van der Waals surface area contributed by atoms with Crippen molar-refractivity contribution in [3.63, 3.8) is 0 Å². The van der Waals surface area contributed by atoms with Crippen molar-refractivity contribution < 1.29 is 23.4 Å². The third-order valence-electron chi connectivity index (χ3n) is 9.51. The van der Waals surface area contributed by atoms with Crippen LogP contribution in [0.5, 0.6) is 0 Å². The maximum atomic E-state index is 7.07. The van der Waals surface area contributed by atoms with E-state index in [1.54, 1.807) is 0 Å². The maximum absolute atomic E-state index is 7.07. The Kier molecular flexibility index (Phi) is 15.1. The van der Waals surface area contributed by atoms with Crippen LogP contribution in [0.4, 0.5) is 0 Å². The van der Waals surface area contributed by atoms with Gasteiger partial charge in [-0.3, -0.25) is 0 Å². The molecule has 1 aliphatic heterocycles. The molecule has 0 spiro atoms. The van der Waals surface area contributed by atoms with Crippen molar-refractivity contribution in [2.75, 3.05) is 18.1 Å². The normalized spacial score (nSPS) is 16.6. The minimum Gasteiger partial charge on any atom is -0.414 e.